The standard InChI is InChI=1S/C11H12ClNO3S/c1-13-10(14)5-6-17(15,16)11(13)8-3-2-4-9(12)7-8/h2-4,7,11H,5-6H2,1H3. The van der Waals surface area contributed by atoms with Crippen LogP contribution in [-0.4, -0.2) is 32.0 Å². The van der Waals surface area contributed by atoms with Gasteiger partial charge in [0.05, 0.1) is 5.75 Å². The highest BCUT2D eigenvalue weighted by Crippen LogP contribution is 2.32. The quantitative estimate of drug-likeness (QED) is 0.781. The summed E-state index contributed by atoms with van der Waals surface area (Å²) < 4.78 is 24.0. The van der Waals surface area contributed by atoms with Crippen LogP contribution in [0.3, 0.4) is 0 Å². The topological polar surface area (TPSA) is 54.5 Å². The number of hydrogen-bond acceptors (Lipinski definition) is 3. The first-order valence-corrected chi connectivity index (χ1v) is 7.24. The van der Waals surface area contributed by atoms with Gasteiger partial charge in [-0.2, -0.15) is 0 Å². The van der Waals surface area contributed by atoms with Crippen molar-refractivity contribution in [3.05, 3.63) is 34.9 Å². The van der Waals surface area contributed by atoms with Crippen molar-refractivity contribution in [1.82, 2.24) is 4.90 Å². The average Bonchev–Trinajstić information content (AvgIpc) is 2.24. The Balaban J connectivity index is 2.50. The molecule has 0 bridgehead atoms. The molecule has 0 aliphatic carbocycles. The third-order valence-corrected chi connectivity index (χ3v) is 5.10. The van der Waals surface area contributed by atoms with Gasteiger partial charge in [0, 0.05) is 18.5 Å². The number of carbonyl (C=O) groups excluding carboxylic acids is 1. The smallest absolute Gasteiger partial charge is 0.224 e. The van der Waals surface area contributed by atoms with Crippen molar-refractivity contribution < 1.29 is 13.2 Å². The fourth-order valence-electron chi connectivity index (χ4n) is 1.98. The van der Waals surface area contributed by atoms with E-state index in [1.165, 1.54) is 11.9 Å². The lowest BCUT2D eigenvalue weighted by atomic mass is 10.2. The molecule has 0 N–H and O–H groups in total. The van der Waals surface area contributed by atoms with E-state index < -0.39 is 15.2 Å². The van der Waals surface area contributed by atoms with E-state index in [9.17, 15) is 13.2 Å². The lowest BCUT2D eigenvalue weighted by Gasteiger charge is -2.32. The van der Waals surface area contributed by atoms with Crippen LogP contribution in [0.4, 0.5) is 0 Å². The van der Waals surface area contributed by atoms with Crippen molar-refractivity contribution in [3.8, 4) is 0 Å². The summed E-state index contributed by atoms with van der Waals surface area (Å²) in [6.45, 7) is 0. The summed E-state index contributed by atoms with van der Waals surface area (Å²) >= 11 is 5.84. The van der Waals surface area contributed by atoms with Crippen molar-refractivity contribution in [2.24, 2.45) is 0 Å². The molecule has 0 spiro atoms. The molecule has 1 unspecified atom stereocenters. The van der Waals surface area contributed by atoms with Crippen LogP contribution < -0.4 is 0 Å². The van der Waals surface area contributed by atoms with Gasteiger partial charge in [-0.25, -0.2) is 8.42 Å². The third-order valence-electron chi connectivity index (χ3n) is 2.82. The fraction of sp³-hybridized carbons (Fsp3) is 0.364. The largest absolute Gasteiger partial charge is 0.325 e. The van der Waals surface area contributed by atoms with Crippen molar-refractivity contribution in [1.29, 1.82) is 0 Å². The second kappa shape index (κ2) is 4.31. The fourth-order valence-corrected chi connectivity index (χ4v) is 4.02. The predicted molar refractivity (Wildman–Crippen MR) is 65.4 cm³/mol. The normalized spacial score (nSPS) is 23.8. The molecule has 4 nitrogen and oxygen atoms in total. The van der Waals surface area contributed by atoms with E-state index in [0.29, 0.717) is 10.6 Å². The molecular formula is C11H12ClNO3S. The molecule has 1 fully saturated rings. The van der Waals surface area contributed by atoms with Crippen LogP contribution in [0.2, 0.25) is 5.02 Å². The first kappa shape index (κ1) is 12.4. The molecule has 1 aliphatic rings. The third kappa shape index (κ3) is 2.30. The maximum atomic E-state index is 12.0. The predicted octanol–water partition coefficient (Wildman–Crippen LogP) is 1.62. The van der Waals surface area contributed by atoms with E-state index in [1.807, 2.05) is 0 Å². The number of halogens is 1. The van der Waals surface area contributed by atoms with Gasteiger partial charge in [-0.05, 0) is 17.7 Å². The Labute approximate surface area is 105 Å². The Morgan fingerprint density at radius 1 is 1.41 bits per heavy atom. The maximum absolute atomic E-state index is 12.0. The maximum Gasteiger partial charge on any atom is 0.224 e. The van der Waals surface area contributed by atoms with E-state index in [0.717, 1.165) is 0 Å². The Morgan fingerprint density at radius 3 is 2.76 bits per heavy atom. The highest BCUT2D eigenvalue weighted by atomic mass is 35.5. The SMILES string of the molecule is CN1C(=O)CCS(=O)(=O)C1c1cccc(Cl)c1. The minimum Gasteiger partial charge on any atom is -0.325 e. The zero-order chi connectivity index (χ0) is 12.6. The Kier molecular flexibility index (Phi) is 3.14. The summed E-state index contributed by atoms with van der Waals surface area (Å²) in [5.41, 5.74) is 0.535. The van der Waals surface area contributed by atoms with Crippen LogP contribution in [-0.2, 0) is 14.6 Å². The Bertz CT molecular complexity index is 556. The number of sulfone groups is 1. The van der Waals surface area contributed by atoms with Crippen LogP contribution in [0.1, 0.15) is 17.4 Å². The van der Waals surface area contributed by atoms with Crippen LogP contribution in [0.15, 0.2) is 24.3 Å². The molecule has 1 amide bonds. The lowest BCUT2D eigenvalue weighted by Crippen LogP contribution is -2.42. The molecule has 0 aromatic heterocycles. The van der Waals surface area contributed by atoms with Gasteiger partial charge in [-0.3, -0.25) is 4.79 Å². The molecule has 92 valence electrons. The molecule has 1 heterocycles. The number of hydrogen-bond donors (Lipinski definition) is 0. The number of benzene rings is 1. The van der Waals surface area contributed by atoms with Crippen molar-refractivity contribution >= 4 is 27.3 Å². The minimum atomic E-state index is -3.33. The van der Waals surface area contributed by atoms with Crippen molar-refractivity contribution in [2.75, 3.05) is 12.8 Å². The first-order chi connectivity index (χ1) is 7.92. The van der Waals surface area contributed by atoms with Crippen molar-refractivity contribution in [2.45, 2.75) is 11.8 Å². The summed E-state index contributed by atoms with van der Waals surface area (Å²) in [4.78, 5) is 12.8. The van der Waals surface area contributed by atoms with Gasteiger partial charge < -0.3 is 4.90 Å². The van der Waals surface area contributed by atoms with Crippen LogP contribution >= 0.6 is 11.6 Å². The van der Waals surface area contributed by atoms with Gasteiger partial charge in [0.1, 0.15) is 0 Å². The molecule has 1 atom stereocenters. The monoisotopic (exact) mass is 273 g/mol. The molecule has 17 heavy (non-hydrogen) atoms. The summed E-state index contributed by atoms with van der Waals surface area (Å²) in [5, 5.41) is -0.452. The molecule has 2 rings (SSSR count). The lowest BCUT2D eigenvalue weighted by molar-refractivity contribution is -0.130. The van der Waals surface area contributed by atoms with Crippen LogP contribution in [0.5, 0.6) is 0 Å². The number of carbonyl (C=O) groups is 1. The summed E-state index contributed by atoms with van der Waals surface area (Å²) in [6, 6.07) is 6.60. The summed E-state index contributed by atoms with van der Waals surface area (Å²) in [6.07, 6.45) is 0.0515. The highest BCUT2D eigenvalue weighted by Gasteiger charge is 2.38. The highest BCUT2D eigenvalue weighted by molar-refractivity contribution is 7.91. The van der Waals surface area contributed by atoms with E-state index in [-0.39, 0.29) is 18.1 Å². The molecule has 0 saturated carbocycles. The minimum absolute atomic E-state index is 0.0515. The van der Waals surface area contributed by atoms with Crippen molar-refractivity contribution in [3.63, 3.8) is 0 Å². The van der Waals surface area contributed by atoms with Gasteiger partial charge in [0.15, 0.2) is 15.2 Å². The van der Waals surface area contributed by atoms with E-state index in [2.05, 4.69) is 0 Å². The summed E-state index contributed by atoms with van der Waals surface area (Å²) in [7, 11) is -1.82. The Morgan fingerprint density at radius 2 is 2.12 bits per heavy atom. The zero-order valence-electron chi connectivity index (χ0n) is 9.26. The molecule has 0 radical (unpaired) electrons. The van der Waals surface area contributed by atoms with Crippen LogP contribution in [0.25, 0.3) is 0 Å². The van der Waals surface area contributed by atoms with E-state index >= 15 is 0 Å². The molecular weight excluding hydrogens is 262 g/mol. The van der Waals surface area contributed by atoms with Gasteiger partial charge in [0.2, 0.25) is 5.91 Å². The van der Waals surface area contributed by atoms with Gasteiger partial charge in [-0.1, -0.05) is 23.7 Å². The number of rotatable bonds is 1. The first-order valence-electron chi connectivity index (χ1n) is 5.14. The molecule has 1 aromatic rings. The van der Waals surface area contributed by atoms with E-state index in [4.69, 9.17) is 11.6 Å². The number of amides is 1. The second-order valence-corrected chi connectivity index (χ2v) is 6.65. The second-order valence-electron chi connectivity index (χ2n) is 4.03. The number of nitrogens with zero attached hydrogens (tertiary/aromatic N) is 1. The van der Waals surface area contributed by atoms with E-state index in [1.54, 1.807) is 24.3 Å². The molecule has 1 aromatic carbocycles. The van der Waals surface area contributed by atoms with Gasteiger partial charge in [0.25, 0.3) is 0 Å². The molecule has 1 aliphatic heterocycles. The average molecular weight is 274 g/mol. The zero-order valence-corrected chi connectivity index (χ0v) is 10.8. The molecule has 6 heteroatoms. The summed E-state index contributed by atoms with van der Waals surface area (Å²) in [5.74, 6) is -0.266. The Hall–Kier alpha value is -1.07. The van der Waals surface area contributed by atoms with Crippen LogP contribution in [0, 0.1) is 0 Å². The van der Waals surface area contributed by atoms with Gasteiger partial charge in [-0.15, -0.1) is 0 Å². The van der Waals surface area contributed by atoms with Gasteiger partial charge >= 0.3 is 0 Å². The molecule has 1 saturated heterocycles.